The van der Waals surface area contributed by atoms with Gasteiger partial charge in [0.1, 0.15) is 0 Å². The molecule has 0 spiro atoms. The van der Waals surface area contributed by atoms with E-state index in [1.165, 1.54) is 12.1 Å². The molecule has 1 aliphatic rings. The van der Waals surface area contributed by atoms with Crippen LogP contribution in [0.4, 0.5) is 0 Å². The summed E-state index contributed by atoms with van der Waals surface area (Å²) in [6, 6.07) is 10.00. The first-order chi connectivity index (χ1) is 12.0. The number of ether oxygens (including phenoxy) is 3. The predicted molar refractivity (Wildman–Crippen MR) is 91.2 cm³/mol. The number of rotatable bonds is 5. The van der Waals surface area contributed by atoms with Gasteiger partial charge in [-0.05, 0) is 29.8 Å². The number of carbonyl (C=O) groups is 2. The lowest BCUT2D eigenvalue weighted by Gasteiger charge is -2.09. The standard InChI is InChI=1S/C17H13Cl2NO5/c18-11-2-1-3-12(19)16(11)17(22)23-8-15(21)20-7-10-4-5-13-14(6-10)25-9-24-13/h1-6H,7-9H2,(H,20,21). The fourth-order valence-electron chi connectivity index (χ4n) is 2.20. The van der Waals surface area contributed by atoms with Gasteiger partial charge in [-0.15, -0.1) is 0 Å². The first-order valence-corrected chi connectivity index (χ1v) is 8.06. The Morgan fingerprint density at radius 1 is 1.08 bits per heavy atom. The molecule has 3 rings (SSSR count). The van der Waals surface area contributed by atoms with Crippen LogP contribution in [0.1, 0.15) is 15.9 Å². The highest BCUT2D eigenvalue weighted by atomic mass is 35.5. The van der Waals surface area contributed by atoms with Crippen molar-refractivity contribution in [2.24, 2.45) is 0 Å². The van der Waals surface area contributed by atoms with Gasteiger partial charge in [-0.1, -0.05) is 35.3 Å². The van der Waals surface area contributed by atoms with Gasteiger partial charge in [-0.3, -0.25) is 4.79 Å². The van der Waals surface area contributed by atoms with Crippen molar-refractivity contribution in [2.45, 2.75) is 6.54 Å². The van der Waals surface area contributed by atoms with Gasteiger partial charge in [-0.2, -0.15) is 0 Å². The fourth-order valence-corrected chi connectivity index (χ4v) is 2.75. The number of halogens is 2. The normalized spacial score (nSPS) is 11.9. The van der Waals surface area contributed by atoms with Gasteiger partial charge >= 0.3 is 5.97 Å². The predicted octanol–water partition coefficient (Wildman–Crippen LogP) is 3.20. The molecule has 25 heavy (non-hydrogen) atoms. The Balaban J connectivity index is 1.50. The van der Waals surface area contributed by atoms with Crippen LogP contribution in [0.5, 0.6) is 11.5 Å². The Morgan fingerprint density at radius 2 is 1.80 bits per heavy atom. The molecule has 8 heteroatoms. The van der Waals surface area contributed by atoms with E-state index < -0.39 is 18.5 Å². The van der Waals surface area contributed by atoms with Crippen LogP contribution >= 0.6 is 23.2 Å². The fraction of sp³-hybridized carbons (Fsp3) is 0.176. The van der Waals surface area contributed by atoms with Crippen LogP contribution in [-0.2, 0) is 16.1 Å². The molecule has 0 atom stereocenters. The van der Waals surface area contributed by atoms with Gasteiger partial charge in [0.15, 0.2) is 18.1 Å². The van der Waals surface area contributed by atoms with E-state index in [-0.39, 0.29) is 28.9 Å². The third kappa shape index (κ3) is 4.15. The average Bonchev–Trinajstić information content (AvgIpc) is 3.05. The van der Waals surface area contributed by atoms with Gasteiger partial charge in [-0.25, -0.2) is 4.79 Å². The number of esters is 1. The van der Waals surface area contributed by atoms with Crippen molar-refractivity contribution in [2.75, 3.05) is 13.4 Å². The monoisotopic (exact) mass is 381 g/mol. The van der Waals surface area contributed by atoms with Crippen LogP contribution in [0.15, 0.2) is 36.4 Å². The minimum absolute atomic E-state index is 0.0365. The van der Waals surface area contributed by atoms with Crippen molar-refractivity contribution in [3.05, 3.63) is 57.6 Å². The minimum atomic E-state index is -0.756. The molecule has 0 saturated carbocycles. The van der Waals surface area contributed by atoms with Crippen molar-refractivity contribution in [3.63, 3.8) is 0 Å². The van der Waals surface area contributed by atoms with Crippen LogP contribution in [0.25, 0.3) is 0 Å². The highest BCUT2D eigenvalue weighted by Crippen LogP contribution is 2.32. The number of hydrogen-bond acceptors (Lipinski definition) is 5. The lowest BCUT2D eigenvalue weighted by molar-refractivity contribution is -0.124. The zero-order valence-corrected chi connectivity index (χ0v) is 14.4. The summed E-state index contributed by atoms with van der Waals surface area (Å²) < 4.78 is 15.4. The van der Waals surface area contributed by atoms with Gasteiger partial charge in [0.05, 0.1) is 15.6 Å². The summed E-state index contributed by atoms with van der Waals surface area (Å²) in [5.41, 5.74) is 0.868. The van der Waals surface area contributed by atoms with Crippen LogP contribution in [0.2, 0.25) is 10.0 Å². The maximum Gasteiger partial charge on any atom is 0.341 e. The molecule has 0 unspecified atom stereocenters. The smallest absolute Gasteiger partial charge is 0.341 e. The third-order valence-electron chi connectivity index (χ3n) is 3.43. The quantitative estimate of drug-likeness (QED) is 0.804. The van der Waals surface area contributed by atoms with Crippen LogP contribution in [-0.4, -0.2) is 25.3 Å². The van der Waals surface area contributed by atoms with Crippen molar-refractivity contribution in [1.82, 2.24) is 5.32 Å². The summed E-state index contributed by atoms with van der Waals surface area (Å²) in [5.74, 6) is 0.0928. The Bertz CT molecular complexity index is 804. The summed E-state index contributed by atoms with van der Waals surface area (Å²) in [4.78, 5) is 23.8. The lowest BCUT2D eigenvalue weighted by Crippen LogP contribution is -2.28. The second kappa shape index (κ2) is 7.63. The number of hydrogen-bond donors (Lipinski definition) is 1. The van der Waals surface area contributed by atoms with E-state index in [4.69, 9.17) is 37.4 Å². The molecule has 1 amide bonds. The Hall–Kier alpha value is -2.44. The van der Waals surface area contributed by atoms with E-state index >= 15 is 0 Å². The maximum absolute atomic E-state index is 12.0. The molecule has 2 aromatic rings. The Morgan fingerprint density at radius 3 is 2.56 bits per heavy atom. The molecule has 0 radical (unpaired) electrons. The number of nitrogens with one attached hydrogen (secondary N) is 1. The molecule has 130 valence electrons. The molecule has 0 bridgehead atoms. The van der Waals surface area contributed by atoms with Crippen molar-refractivity contribution >= 4 is 35.1 Å². The first kappa shape index (κ1) is 17.4. The Labute approximate surface area is 153 Å². The average molecular weight is 382 g/mol. The molecule has 0 aliphatic carbocycles. The molecule has 2 aromatic carbocycles. The topological polar surface area (TPSA) is 73.9 Å². The zero-order valence-electron chi connectivity index (χ0n) is 12.9. The highest BCUT2D eigenvalue weighted by molar-refractivity contribution is 6.39. The van der Waals surface area contributed by atoms with Crippen molar-refractivity contribution in [3.8, 4) is 11.5 Å². The number of benzene rings is 2. The molecule has 1 aliphatic heterocycles. The van der Waals surface area contributed by atoms with Crippen LogP contribution < -0.4 is 14.8 Å². The maximum atomic E-state index is 12.0. The number of carbonyl (C=O) groups excluding carboxylic acids is 2. The largest absolute Gasteiger partial charge is 0.454 e. The first-order valence-electron chi connectivity index (χ1n) is 7.31. The van der Waals surface area contributed by atoms with E-state index in [2.05, 4.69) is 5.32 Å². The van der Waals surface area contributed by atoms with E-state index in [0.29, 0.717) is 11.5 Å². The van der Waals surface area contributed by atoms with E-state index in [0.717, 1.165) is 5.56 Å². The zero-order chi connectivity index (χ0) is 17.8. The molecular weight excluding hydrogens is 369 g/mol. The summed E-state index contributed by atoms with van der Waals surface area (Å²) in [7, 11) is 0. The number of amides is 1. The van der Waals surface area contributed by atoms with Crippen molar-refractivity contribution < 1.29 is 23.8 Å². The van der Waals surface area contributed by atoms with Crippen molar-refractivity contribution in [1.29, 1.82) is 0 Å². The molecular formula is C17H13Cl2NO5. The Kier molecular flexibility index (Phi) is 5.31. The second-order valence-electron chi connectivity index (χ2n) is 5.14. The van der Waals surface area contributed by atoms with Gasteiger partial charge in [0.2, 0.25) is 6.79 Å². The molecule has 1 heterocycles. The number of fused-ring (bicyclic) bond motifs is 1. The minimum Gasteiger partial charge on any atom is -0.454 e. The molecule has 0 aromatic heterocycles. The summed E-state index contributed by atoms with van der Waals surface area (Å²) >= 11 is 11.8. The van der Waals surface area contributed by atoms with E-state index in [9.17, 15) is 9.59 Å². The van der Waals surface area contributed by atoms with Crippen LogP contribution in [0.3, 0.4) is 0 Å². The molecule has 1 N–H and O–H groups in total. The molecule has 6 nitrogen and oxygen atoms in total. The third-order valence-corrected chi connectivity index (χ3v) is 4.06. The SMILES string of the molecule is O=C(COC(=O)c1c(Cl)cccc1Cl)NCc1ccc2c(c1)OCO2. The summed E-state index contributed by atoms with van der Waals surface area (Å²) in [6.45, 7) is 0.0104. The second-order valence-corrected chi connectivity index (χ2v) is 5.95. The van der Waals surface area contributed by atoms with E-state index in [1.54, 1.807) is 18.2 Å². The van der Waals surface area contributed by atoms with E-state index in [1.807, 2.05) is 6.07 Å². The summed E-state index contributed by atoms with van der Waals surface area (Å²) in [6.07, 6.45) is 0. The summed E-state index contributed by atoms with van der Waals surface area (Å²) in [5, 5.41) is 2.98. The molecule has 0 fully saturated rings. The van der Waals surface area contributed by atoms with Gasteiger partial charge in [0, 0.05) is 6.54 Å². The van der Waals surface area contributed by atoms with Gasteiger partial charge in [0.25, 0.3) is 5.91 Å². The van der Waals surface area contributed by atoms with Crippen LogP contribution in [0, 0.1) is 0 Å². The highest BCUT2D eigenvalue weighted by Gasteiger charge is 2.17. The van der Waals surface area contributed by atoms with Gasteiger partial charge < -0.3 is 19.5 Å². The lowest BCUT2D eigenvalue weighted by atomic mass is 10.2. The molecule has 0 saturated heterocycles.